The van der Waals surface area contributed by atoms with Crippen molar-refractivity contribution in [1.82, 2.24) is 19.5 Å². The second-order valence-corrected chi connectivity index (χ2v) is 7.47. The quantitative estimate of drug-likeness (QED) is 0.744. The molecule has 0 saturated heterocycles. The second kappa shape index (κ2) is 6.14. The number of rotatable bonds is 6. The Balaban J connectivity index is 1.48. The van der Waals surface area contributed by atoms with Gasteiger partial charge in [0.05, 0.1) is 11.9 Å². The Kier molecular flexibility index (Phi) is 3.97. The van der Waals surface area contributed by atoms with Crippen LogP contribution in [-0.2, 0) is 0 Å². The fraction of sp³-hybridized carbons (Fsp3) is 0.412. The molecule has 24 heavy (non-hydrogen) atoms. The second-order valence-electron chi connectivity index (χ2n) is 6.52. The fourth-order valence-corrected chi connectivity index (χ4v) is 3.76. The number of hydrogen-bond acceptors (Lipinski definition) is 5. The highest BCUT2D eigenvalue weighted by Crippen LogP contribution is 2.35. The molecule has 126 valence electrons. The lowest BCUT2D eigenvalue weighted by atomic mass is 10.1. The summed E-state index contributed by atoms with van der Waals surface area (Å²) in [6.07, 6.45) is 4.54. The lowest BCUT2D eigenvalue weighted by Crippen LogP contribution is -2.36. The molecule has 2 aromatic heterocycles. The maximum absolute atomic E-state index is 13.0. The zero-order valence-electron chi connectivity index (χ0n) is 13.7. The lowest BCUT2D eigenvalue weighted by Gasteiger charge is -2.24. The summed E-state index contributed by atoms with van der Waals surface area (Å²) in [5.74, 6) is 0.567. The van der Waals surface area contributed by atoms with Crippen LogP contribution >= 0.6 is 11.3 Å². The van der Waals surface area contributed by atoms with Crippen molar-refractivity contribution in [3.05, 3.63) is 36.3 Å². The van der Waals surface area contributed by atoms with Crippen LogP contribution in [0, 0.1) is 11.7 Å². The molecule has 2 heterocycles. The van der Waals surface area contributed by atoms with Gasteiger partial charge in [0, 0.05) is 18.2 Å². The van der Waals surface area contributed by atoms with Crippen LogP contribution in [0.4, 0.5) is 9.52 Å². The van der Waals surface area contributed by atoms with E-state index in [1.165, 1.54) is 36.3 Å². The van der Waals surface area contributed by atoms with Gasteiger partial charge in [-0.15, -0.1) is 5.10 Å². The van der Waals surface area contributed by atoms with E-state index in [1.54, 1.807) is 16.6 Å². The number of fused-ring (bicyclic) bond motifs is 1. The highest BCUT2D eigenvalue weighted by molar-refractivity contribution is 7.20. The number of hydrogen-bond donors (Lipinski definition) is 1. The van der Waals surface area contributed by atoms with Crippen LogP contribution in [0.1, 0.15) is 12.8 Å². The van der Waals surface area contributed by atoms with E-state index < -0.39 is 0 Å². The van der Waals surface area contributed by atoms with Crippen molar-refractivity contribution in [2.24, 2.45) is 5.92 Å². The van der Waals surface area contributed by atoms with Gasteiger partial charge in [-0.1, -0.05) is 11.3 Å². The molecule has 1 saturated carbocycles. The zero-order chi connectivity index (χ0) is 16.7. The first-order chi connectivity index (χ1) is 11.6. The van der Waals surface area contributed by atoms with Crippen molar-refractivity contribution < 1.29 is 4.39 Å². The Morgan fingerprint density at radius 1 is 1.33 bits per heavy atom. The van der Waals surface area contributed by atoms with Crippen LogP contribution in [0.25, 0.3) is 16.2 Å². The molecule has 5 nitrogen and oxygen atoms in total. The molecule has 0 bridgehead atoms. The van der Waals surface area contributed by atoms with Gasteiger partial charge in [0.25, 0.3) is 0 Å². The summed E-state index contributed by atoms with van der Waals surface area (Å²) in [4.78, 5) is 7.71. The van der Waals surface area contributed by atoms with Gasteiger partial charge in [0.1, 0.15) is 5.82 Å². The summed E-state index contributed by atoms with van der Waals surface area (Å²) >= 11 is 1.54. The van der Waals surface area contributed by atoms with E-state index in [9.17, 15) is 4.39 Å². The monoisotopic (exact) mass is 345 g/mol. The molecule has 4 rings (SSSR count). The van der Waals surface area contributed by atoms with Gasteiger partial charge in [-0.25, -0.2) is 13.9 Å². The van der Waals surface area contributed by atoms with Crippen LogP contribution in [0.15, 0.2) is 30.5 Å². The molecule has 1 aliphatic carbocycles. The molecule has 3 aromatic rings. The first-order valence-electron chi connectivity index (χ1n) is 8.12. The number of nitrogens with zero attached hydrogens (tertiary/aromatic N) is 4. The maximum atomic E-state index is 13.0. The number of benzene rings is 1. The Morgan fingerprint density at radius 2 is 2.08 bits per heavy atom. The maximum Gasteiger partial charge on any atom is 0.214 e. The molecule has 0 aliphatic heterocycles. The van der Waals surface area contributed by atoms with E-state index in [1.807, 2.05) is 6.20 Å². The van der Waals surface area contributed by atoms with E-state index >= 15 is 0 Å². The van der Waals surface area contributed by atoms with E-state index in [-0.39, 0.29) is 5.82 Å². The van der Waals surface area contributed by atoms with Crippen LogP contribution in [0.3, 0.4) is 0 Å². The minimum atomic E-state index is -0.240. The number of likely N-dealkylation sites (N-methyl/N-ethyl adjacent to an activating group) is 1. The summed E-state index contributed by atoms with van der Waals surface area (Å²) in [5, 5.41) is 8.89. The van der Waals surface area contributed by atoms with Crippen molar-refractivity contribution in [1.29, 1.82) is 0 Å². The van der Waals surface area contributed by atoms with Crippen LogP contribution < -0.4 is 5.32 Å². The smallest absolute Gasteiger partial charge is 0.214 e. The molecule has 1 aromatic carbocycles. The molecule has 0 amide bonds. The van der Waals surface area contributed by atoms with Gasteiger partial charge in [0.15, 0.2) is 0 Å². The molecular formula is C17H20FN5S. The van der Waals surface area contributed by atoms with E-state index in [0.717, 1.165) is 33.8 Å². The van der Waals surface area contributed by atoms with Crippen LogP contribution in [0.2, 0.25) is 0 Å². The summed E-state index contributed by atoms with van der Waals surface area (Å²) < 4.78 is 14.8. The topological polar surface area (TPSA) is 45.5 Å². The van der Waals surface area contributed by atoms with Gasteiger partial charge in [-0.05, 0) is 57.1 Å². The normalized spacial score (nSPS) is 16.0. The first-order valence-corrected chi connectivity index (χ1v) is 8.94. The van der Waals surface area contributed by atoms with Crippen molar-refractivity contribution in [2.75, 3.05) is 26.0 Å². The molecule has 1 fully saturated rings. The molecule has 0 spiro atoms. The van der Waals surface area contributed by atoms with Gasteiger partial charge in [-0.3, -0.25) is 0 Å². The molecule has 0 radical (unpaired) electrons. The summed E-state index contributed by atoms with van der Waals surface area (Å²) in [6, 6.07) is 6.91. The van der Waals surface area contributed by atoms with Crippen molar-refractivity contribution in [3.8, 4) is 11.3 Å². The molecule has 1 N–H and O–H groups in total. The summed E-state index contributed by atoms with van der Waals surface area (Å²) in [7, 11) is 4.27. The average molecular weight is 345 g/mol. The highest BCUT2D eigenvalue weighted by atomic mass is 32.1. The number of aromatic nitrogens is 3. The number of imidazole rings is 1. The van der Waals surface area contributed by atoms with Gasteiger partial charge >= 0.3 is 0 Å². The Labute approximate surface area is 144 Å². The van der Waals surface area contributed by atoms with Crippen LogP contribution in [-0.4, -0.2) is 46.2 Å². The third-order valence-electron chi connectivity index (χ3n) is 4.48. The van der Waals surface area contributed by atoms with Crippen molar-refractivity contribution >= 4 is 21.4 Å². The first kappa shape index (κ1) is 15.5. The number of nitrogens with one attached hydrogen (secondary N) is 1. The summed E-state index contributed by atoms with van der Waals surface area (Å²) in [6.45, 7) is 0.902. The predicted molar refractivity (Wildman–Crippen MR) is 94.9 cm³/mol. The Hall–Kier alpha value is -1.99. The van der Waals surface area contributed by atoms with E-state index in [2.05, 4.69) is 34.4 Å². The third-order valence-corrected chi connectivity index (χ3v) is 5.36. The standard InChI is InChI=1S/C17H20FN5S/c1-22(2)15(12-3-4-12)9-19-16-21-23-10-14(20-17(23)24-16)11-5-7-13(18)8-6-11/h5-8,10,12,15H,3-4,9H2,1-2H3,(H,19,21). The number of halogens is 1. The fourth-order valence-electron chi connectivity index (χ4n) is 2.98. The SMILES string of the molecule is CN(C)C(CNc1nn2cc(-c3ccc(F)cc3)nc2s1)C1CC1. The molecule has 7 heteroatoms. The van der Waals surface area contributed by atoms with Crippen molar-refractivity contribution in [2.45, 2.75) is 18.9 Å². The van der Waals surface area contributed by atoms with E-state index in [4.69, 9.17) is 0 Å². The minimum Gasteiger partial charge on any atom is -0.358 e. The molecular weight excluding hydrogens is 325 g/mol. The lowest BCUT2D eigenvalue weighted by molar-refractivity contribution is 0.276. The molecule has 1 aliphatic rings. The minimum absolute atomic E-state index is 0.240. The zero-order valence-corrected chi connectivity index (χ0v) is 14.6. The van der Waals surface area contributed by atoms with Crippen molar-refractivity contribution in [3.63, 3.8) is 0 Å². The number of anilines is 1. The molecule has 1 atom stereocenters. The van der Waals surface area contributed by atoms with E-state index in [0.29, 0.717) is 6.04 Å². The van der Waals surface area contributed by atoms with Gasteiger partial charge < -0.3 is 10.2 Å². The van der Waals surface area contributed by atoms with Gasteiger partial charge in [-0.2, -0.15) is 0 Å². The highest BCUT2D eigenvalue weighted by Gasteiger charge is 2.32. The predicted octanol–water partition coefficient (Wildman–Crippen LogP) is 3.35. The largest absolute Gasteiger partial charge is 0.358 e. The average Bonchev–Trinajstić information content (AvgIpc) is 3.18. The van der Waals surface area contributed by atoms with Gasteiger partial charge in [0.2, 0.25) is 10.1 Å². The molecule has 1 unspecified atom stereocenters. The van der Waals surface area contributed by atoms with Crippen LogP contribution in [0.5, 0.6) is 0 Å². The Morgan fingerprint density at radius 3 is 2.71 bits per heavy atom. The summed E-state index contributed by atoms with van der Waals surface area (Å²) in [5.41, 5.74) is 1.70. The third kappa shape index (κ3) is 3.14. The Bertz CT molecular complexity index is 801.